The smallest absolute Gasteiger partial charge is 0.162 e. The summed E-state index contributed by atoms with van der Waals surface area (Å²) >= 11 is 3.44. The number of phenols is 1. The van der Waals surface area contributed by atoms with Crippen molar-refractivity contribution in [3.63, 3.8) is 0 Å². The molecule has 0 bridgehead atoms. The number of rotatable bonds is 2. The fraction of sp³-hybridized carbons (Fsp3) is 0.500. The van der Waals surface area contributed by atoms with E-state index in [0.717, 1.165) is 23.0 Å². The Balaban J connectivity index is 0.00000144. The molecule has 1 saturated heterocycles. The van der Waals surface area contributed by atoms with Crippen molar-refractivity contribution in [3.8, 4) is 11.5 Å². The van der Waals surface area contributed by atoms with E-state index < -0.39 is 0 Å². The van der Waals surface area contributed by atoms with Crippen molar-refractivity contribution in [2.75, 3.05) is 13.7 Å². The van der Waals surface area contributed by atoms with Gasteiger partial charge in [-0.2, -0.15) is 0 Å². The molecule has 1 aromatic rings. The van der Waals surface area contributed by atoms with Gasteiger partial charge in [-0.25, -0.2) is 0 Å². The summed E-state index contributed by atoms with van der Waals surface area (Å²) in [7, 11) is 1.57. The van der Waals surface area contributed by atoms with Crippen LogP contribution in [0.2, 0.25) is 0 Å². The largest absolute Gasteiger partial charge is 0.504 e. The first-order valence-electron chi connectivity index (χ1n) is 5.52. The summed E-state index contributed by atoms with van der Waals surface area (Å²) in [6, 6.07) is 3.97. The van der Waals surface area contributed by atoms with Crippen molar-refractivity contribution in [1.82, 2.24) is 5.32 Å². The molecule has 1 fully saturated rings. The van der Waals surface area contributed by atoms with Crippen molar-refractivity contribution < 1.29 is 9.84 Å². The van der Waals surface area contributed by atoms with E-state index in [2.05, 4.69) is 21.2 Å². The molecule has 0 aromatic heterocycles. The normalized spacial score (nSPS) is 19.5. The lowest BCUT2D eigenvalue weighted by atomic mass is 9.96. The molecule has 1 aliphatic rings. The summed E-state index contributed by atoms with van der Waals surface area (Å²) in [5.41, 5.74) is 0.922. The minimum Gasteiger partial charge on any atom is -0.504 e. The van der Waals surface area contributed by atoms with E-state index >= 15 is 0 Å². The maximum Gasteiger partial charge on any atom is 0.162 e. The Morgan fingerprint density at radius 3 is 2.76 bits per heavy atom. The van der Waals surface area contributed by atoms with Crippen LogP contribution < -0.4 is 10.1 Å². The van der Waals surface area contributed by atoms with Gasteiger partial charge in [-0.15, -0.1) is 12.4 Å². The Morgan fingerprint density at radius 2 is 2.18 bits per heavy atom. The average molecular weight is 323 g/mol. The number of ether oxygens (including phenoxy) is 1. The van der Waals surface area contributed by atoms with E-state index in [4.69, 9.17) is 4.74 Å². The third-order valence-corrected chi connectivity index (χ3v) is 3.43. The number of piperidine rings is 1. The number of halogens is 2. The van der Waals surface area contributed by atoms with Gasteiger partial charge in [0.25, 0.3) is 0 Å². The van der Waals surface area contributed by atoms with Crippen LogP contribution in [-0.2, 0) is 0 Å². The topological polar surface area (TPSA) is 41.5 Å². The number of nitrogens with one attached hydrogen (secondary N) is 1. The fourth-order valence-corrected chi connectivity index (χ4v) is 2.59. The zero-order valence-electron chi connectivity index (χ0n) is 9.70. The maximum atomic E-state index is 10.1. The third-order valence-electron chi connectivity index (χ3n) is 2.97. The molecule has 0 saturated carbocycles. The maximum absolute atomic E-state index is 10.1. The quantitative estimate of drug-likeness (QED) is 0.877. The Kier molecular flexibility index (Phi) is 5.56. The van der Waals surface area contributed by atoms with Crippen LogP contribution in [0.1, 0.15) is 30.9 Å². The van der Waals surface area contributed by atoms with Crippen molar-refractivity contribution in [2.24, 2.45) is 0 Å². The number of phenolic OH excluding ortho intramolecular Hbond substituents is 1. The van der Waals surface area contributed by atoms with Crippen molar-refractivity contribution in [2.45, 2.75) is 25.3 Å². The number of methoxy groups -OCH3 is 1. The van der Waals surface area contributed by atoms with Gasteiger partial charge in [-0.1, -0.05) is 22.4 Å². The zero-order chi connectivity index (χ0) is 11.5. The molecule has 96 valence electrons. The van der Waals surface area contributed by atoms with Crippen molar-refractivity contribution in [1.29, 1.82) is 0 Å². The van der Waals surface area contributed by atoms with Crippen molar-refractivity contribution in [3.05, 3.63) is 22.2 Å². The van der Waals surface area contributed by atoms with Gasteiger partial charge in [0.2, 0.25) is 0 Å². The third kappa shape index (κ3) is 3.27. The van der Waals surface area contributed by atoms with Gasteiger partial charge in [-0.05, 0) is 31.5 Å². The Bertz CT molecular complexity index is 381. The fourth-order valence-electron chi connectivity index (χ4n) is 2.13. The van der Waals surface area contributed by atoms with Crippen LogP contribution in [-0.4, -0.2) is 18.8 Å². The lowest BCUT2D eigenvalue weighted by molar-refractivity contribution is 0.354. The van der Waals surface area contributed by atoms with Crippen molar-refractivity contribution >= 4 is 28.3 Å². The molecule has 1 aromatic carbocycles. The average Bonchev–Trinajstić information content (AvgIpc) is 2.33. The van der Waals surface area contributed by atoms with Crippen LogP contribution >= 0.6 is 28.3 Å². The number of benzene rings is 1. The van der Waals surface area contributed by atoms with Crippen LogP contribution in [0.25, 0.3) is 0 Å². The second-order valence-corrected chi connectivity index (χ2v) is 4.96. The molecule has 3 nitrogen and oxygen atoms in total. The molecule has 0 spiro atoms. The minimum atomic E-state index is 0. The predicted octanol–water partition coefficient (Wildman–Crippen LogP) is 3.40. The van der Waals surface area contributed by atoms with E-state index in [-0.39, 0.29) is 24.2 Å². The Hall–Kier alpha value is -0.450. The van der Waals surface area contributed by atoms with Gasteiger partial charge >= 0.3 is 0 Å². The van der Waals surface area contributed by atoms with Gasteiger partial charge in [0, 0.05) is 16.1 Å². The highest BCUT2D eigenvalue weighted by molar-refractivity contribution is 9.10. The molecule has 5 heteroatoms. The molecular weight excluding hydrogens is 305 g/mol. The van der Waals surface area contributed by atoms with Gasteiger partial charge in [0.1, 0.15) is 0 Å². The molecule has 0 aliphatic carbocycles. The van der Waals surface area contributed by atoms with Gasteiger partial charge < -0.3 is 15.2 Å². The van der Waals surface area contributed by atoms with Crippen LogP contribution in [0, 0.1) is 0 Å². The second-order valence-electron chi connectivity index (χ2n) is 4.05. The monoisotopic (exact) mass is 321 g/mol. The summed E-state index contributed by atoms with van der Waals surface area (Å²) in [6.07, 6.45) is 3.47. The highest BCUT2D eigenvalue weighted by Crippen LogP contribution is 2.39. The predicted molar refractivity (Wildman–Crippen MR) is 74.2 cm³/mol. The molecular formula is C12H17BrClNO2. The SMILES string of the molecule is COc1cc(Br)cc([C@@H]2CCCCN2)c1O.Cl. The van der Waals surface area contributed by atoms with E-state index in [1.54, 1.807) is 13.2 Å². The summed E-state index contributed by atoms with van der Waals surface area (Å²) in [5.74, 6) is 0.779. The zero-order valence-corrected chi connectivity index (χ0v) is 12.1. The van der Waals surface area contributed by atoms with E-state index in [9.17, 15) is 5.11 Å². The molecule has 1 atom stereocenters. The first-order chi connectivity index (χ1) is 7.72. The highest BCUT2D eigenvalue weighted by atomic mass is 79.9. The van der Waals surface area contributed by atoms with Gasteiger partial charge in [0.05, 0.1) is 7.11 Å². The second kappa shape index (κ2) is 6.47. The van der Waals surface area contributed by atoms with E-state index in [0.29, 0.717) is 5.75 Å². The minimum absolute atomic E-state index is 0. The van der Waals surface area contributed by atoms with Crippen LogP contribution in [0.4, 0.5) is 0 Å². The number of hydrogen-bond donors (Lipinski definition) is 2. The molecule has 0 radical (unpaired) electrons. The first-order valence-corrected chi connectivity index (χ1v) is 6.31. The first kappa shape index (κ1) is 14.6. The molecule has 1 heterocycles. The summed E-state index contributed by atoms with van der Waals surface area (Å²) in [6.45, 7) is 1.01. The molecule has 2 N–H and O–H groups in total. The molecule has 0 amide bonds. The van der Waals surface area contributed by atoms with E-state index in [1.165, 1.54) is 12.8 Å². The number of hydrogen-bond acceptors (Lipinski definition) is 3. The number of aromatic hydroxyl groups is 1. The Morgan fingerprint density at radius 1 is 1.41 bits per heavy atom. The molecule has 17 heavy (non-hydrogen) atoms. The summed E-state index contributed by atoms with van der Waals surface area (Å²) in [4.78, 5) is 0. The lowest BCUT2D eigenvalue weighted by Gasteiger charge is -2.25. The summed E-state index contributed by atoms with van der Waals surface area (Å²) in [5, 5.41) is 13.5. The van der Waals surface area contributed by atoms with Crippen LogP contribution in [0.5, 0.6) is 11.5 Å². The van der Waals surface area contributed by atoms with Gasteiger partial charge in [-0.3, -0.25) is 0 Å². The molecule has 0 unspecified atom stereocenters. The van der Waals surface area contributed by atoms with Crippen LogP contribution in [0.15, 0.2) is 16.6 Å². The highest BCUT2D eigenvalue weighted by Gasteiger charge is 2.20. The Labute approximate surface area is 116 Å². The summed E-state index contributed by atoms with van der Waals surface area (Å²) < 4.78 is 6.08. The molecule has 2 rings (SSSR count). The molecule has 1 aliphatic heterocycles. The lowest BCUT2D eigenvalue weighted by Crippen LogP contribution is -2.26. The standard InChI is InChI=1S/C12H16BrNO2.ClH/c1-16-11-7-8(13)6-9(12(11)15)10-4-2-3-5-14-10;/h6-7,10,14-15H,2-5H2,1H3;1H/t10-;/m0./s1. The van der Waals surface area contributed by atoms with Crippen LogP contribution in [0.3, 0.4) is 0 Å². The van der Waals surface area contributed by atoms with E-state index in [1.807, 2.05) is 6.07 Å². The van der Waals surface area contributed by atoms with Gasteiger partial charge in [0.15, 0.2) is 11.5 Å².